The molecular formula is C53H32N4O. The molecular weight excluding hydrogens is 709 g/mol. The minimum atomic E-state index is -0.597. The van der Waals surface area contributed by atoms with E-state index in [1.807, 2.05) is 66.7 Å². The van der Waals surface area contributed by atoms with Crippen LogP contribution in [0.15, 0.2) is 194 Å². The molecule has 1 aliphatic heterocycles. The molecule has 58 heavy (non-hydrogen) atoms. The first-order valence-electron chi connectivity index (χ1n) is 19.3. The molecule has 0 atom stereocenters. The second-order valence-corrected chi connectivity index (χ2v) is 14.7. The van der Waals surface area contributed by atoms with Gasteiger partial charge in [0.25, 0.3) is 0 Å². The van der Waals surface area contributed by atoms with Crippen LogP contribution in [0.1, 0.15) is 27.8 Å². The Bertz CT molecular complexity index is 3050. The summed E-state index contributed by atoms with van der Waals surface area (Å²) in [5.41, 5.74) is 14.1. The molecule has 11 rings (SSSR count). The van der Waals surface area contributed by atoms with E-state index in [0.717, 1.165) is 61.6 Å². The lowest BCUT2D eigenvalue weighted by atomic mass is 9.66. The zero-order valence-electron chi connectivity index (χ0n) is 31.2. The van der Waals surface area contributed by atoms with Crippen LogP contribution in [0, 0.1) is 11.3 Å². The molecule has 2 aliphatic rings. The van der Waals surface area contributed by atoms with Crippen molar-refractivity contribution in [3.05, 3.63) is 222 Å². The molecule has 2 heterocycles. The fourth-order valence-electron chi connectivity index (χ4n) is 8.78. The van der Waals surface area contributed by atoms with E-state index in [1.54, 1.807) is 0 Å². The number of aromatic nitrogens is 3. The summed E-state index contributed by atoms with van der Waals surface area (Å²) in [6.07, 6.45) is 0. The van der Waals surface area contributed by atoms with Crippen LogP contribution in [0.3, 0.4) is 0 Å². The number of fused-ring (bicyclic) bond motifs is 9. The predicted molar refractivity (Wildman–Crippen MR) is 229 cm³/mol. The highest BCUT2D eigenvalue weighted by atomic mass is 16.5. The van der Waals surface area contributed by atoms with Crippen molar-refractivity contribution in [2.45, 2.75) is 5.41 Å². The molecule has 1 spiro atoms. The van der Waals surface area contributed by atoms with Gasteiger partial charge in [-0.2, -0.15) is 5.26 Å². The molecule has 1 aliphatic carbocycles. The SMILES string of the molecule is N#Cc1cccc(-c2ccc(-c3ccc(-c4nc(-c5ccccc5)nc(-c5ccc6c(c5)C5(c7ccccc7Oc7ccccc75)c5ccccc5-6)n4)cc3)cc2)c1. The molecule has 0 N–H and O–H groups in total. The van der Waals surface area contributed by atoms with E-state index in [1.165, 1.54) is 22.3 Å². The third-order valence-electron chi connectivity index (χ3n) is 11.5. The maximum Gasteiger partial charge on any atom is 0.164 e. The summed E-state index contributed by atoms with van der Waals surface area (Å²) < 4.78 is 6.56. The van der Waals surface area contributed by atoms with Gasteiger partial charge < -0.3 is 4.74 Å². The molecule has 5 heteroatoms. The highest BCUT2D eigenvalue weighted by Gasteiger charge is 2.51. The van der Waals surface area contributed by atoms with Gasteiger partial charge in [-0.1, -0.05) is 164 Å². The zero-order valence-corrected chi connectivity index (χ0v) is 31.2. The van der Waals surface area contributed by atoms with E-state index in [2.05, 4.69) is 133 Å². The largest absolute Gasteiger partial charge is 0.457 e. The van der Waals surface area contributed by atoms with Crippen molar-refractivity contribution in [2.24, 2.45) is 0 Å². The molecule has 0 fully saturated rings. The van der Waals surface area contributed by atoms with E-state index >= 15 is 0 Å². The van der Waals surface area contributed by atoms with Gasteiger partial charge in [0.2, 0.25) is 0 Å². The van der Waals surface area contributed by atoms with Crippen molar-refractivity contribution in [3.63, 3.8) is 0 Å². The van der Waals surface area contributed by atoms with Crippen LogP contribution in [0.2, 0.25) is 0 Å². The van der Waals surface area contributed by atoms with Crippen molar-refractivity contribution < 1.29 is 4.74 Å². The van der Waals surface area contributed by atoms with Crippen LogP contribution in [0.5, 0.6) is 11.5 Å². The first-order chi connectivity index (χ1) is 28.7. The van der Waals surface area contributed by atoms with Gasteiger partial charge in [-0.3, -0.25) is 0 Å². The van der Waals surface area contributed by atoms with Gasteiger partial charge in [-0.25, -0.2) is 15.0 Å². The molecule has 1 aromatic heterocycles. The summed E-state index contributed by atoms with van der Waals surface area (Å²) in [6.45, 7) is 0. The molecule has 8 aromatic carbocycles. The van der Waals surface area contributed by atoms with Crippen molar-refractivity contribution >= 4 is 0 Å². The van der Waals surface area contributed by atoms with E-state index < -0.39 is 5.41 Å². The molecule has 0 bridgehead atoms. The fraction of sp³-hybridized carbons (Fsp3) is 0.0189. The van der Waals surface area contributed by atoms with Crippen LogP contribution >= 0.6 is 0 Å². The minimum Gasteiger partial charge on any atom is -0.457 e. The Labute approximate surface area is 336 Å². The summed E-state index contributed by atoms with van der Waals surface area (Å²) in [4.78, 5) is 15.4. The number of rotatable bonds is 5. The second kappa shape index (κ2) is 13.4. The topological polar surface area (TPSA) is 71.7 Å². The molecule has 0 unspecified atom stereocenters. The van der Waals surface area contributed by atoms with E-state index in [0.29, 0.717) is 23.0 Å². The van der Waals surface area contributed by atoms with E-state index in [9.17, 15) is 5.26 Å². The predicted octanol–water partition coefficient (Wildman–Crippen LogP) is 12.5. The number of nitrogens with zero attached hydrogens (tertiary/aromatic N) is 4. The quantitative estimate of drug-likeness (QED) is 0.176. The van der Waals surface area contributed by atoms with Crippen LogP contribution in [0.4, 0.5) is 0 Å². The normalized spacial score (nSPS) is 12.7. The van der Waals surface area contributed by atoms with Crippen molar-refractivity contribution in [1.82, 2.24) is 15.0 Å². The summed E-state index contributed by atoms with van der Waals surface area (Å²) in [7, 11) is 0. The lowest BCUT2D eigenvalue weighted by molar-refractivity contribution is 0.436. The van der Waals surface area contributed by atoms with Gasteiger partial charge in [0, 0.05) is 27.8 Å². The molecule has 0 radical (unpaired) electrons. The average Bonchev–Trinajstić information content (AvgIpc) is 3.59. The summed E-state index contributed by atoms with van der Waals surface area (Å²) in [5, 5.41) is 9.36. The summed E-state index contributed by atoms with van der Waals surface area (Å²) in [5.74, 6) is 3.52. The lowest BCUT2D eigenvalue weighted by Gasteiger charge is -2.39. The number of nitriles is 1. The number of benzene rings is 8. The fourth-order valence-corrected chi connectivity index (χ4v) is 8.78. The van der Waals surface area contributed by atoms with Crippen LogP contribution in [0.25, 0.3) is 67.5 Å². The Morgan fingerprint density at radius 3 is 1.47 bits per heavy atom. The monoisotopic (exact) mass is 740 g/mol. The van der Waals surface area contributed by atoms with Gasteiger partial charge in [-0.05, 0) is 74.8 Å². The smallest absolute Gasteiger partial charge is 0.164 e. The van der Waals surface area contributed by atoms with Crippen molar-refractivity contribution in [2.75, 3.05) is 0 Å². The Morgan fingerprint density at radius 2 is 0.828 bits per heavy atom. The number of hydrogen-bond acceptors (Lipinski definition) is 5. The highest BCUT2D eigenvalue weighted by molar-refractivity contribution is 5.90. The van der Waals surface area contributed by atoms with Gasteiger partial charge >= 0.3 is 0 Å². The third kappa shape index (κ3) is 5.27. The lowest BCUT2D eigenvalue weighted by Crippen LogP contribution is -2.32. The van der Waals surface area contributed by atoms with Gasteiger partial charge in [-0.15, -0.1) is 0 Å². The van der Waals surface area contributed by atoms with Crippen LogP contribution in [-0.4, -0.2) is 15.0 Å². The average molecular weight is 741 g/mol. The number of ether oxygens (including phenoxy) is 1. The Hall–Kier alpha value is -7.94. The zero-order chi connectivity index (χ0) is 38.6. The Morgan fingerprint density at radius 1 is 0.362 bits per heavy atom. The van der Waals surface area contributed by atoms with Gasteiger partial charge in [0.1, 0.15) is 11.5 Å². The molecule has 0 saturated heterocycles. The van der Waals surface area contributed by atoms with Crippen LogP contribution < -0.4 is 4.74 Å². The van der Waals surface area contributed by atoms with Crippen LogP contribution in [-0.2, 0) is 5.41 Å². The Kier molecular flexibility index (Phi) is 7.70. The summed E-state index contributed by atoms with van der Waals surface area (Å²) in [6, 6.07) is 69.0. The second-order valence-electron chi connectivity index (χ2n) is 14.7. The maximum absolute atomic E-state index is 9.36. The molecule has 270 valence electrons. The standard InChI is InChI=1S/C53H32N4O/c54-33-34-11-10-14-40(31-34)37-23-21-35(22-24-37)36-25-27-39(28-26-36)51-55-50(38-12-2-1-3-13-38)56-52(57-51)41-29-30-43-42-15-4-5-16-44(42)53(47(43)32-41)45-17-6-8-19-48(45)58-49-20-9-7-18-46(49)53/h1-32H. The third-order valence-corrected chi connectivity index (χ3v) is 11.5. The molecule has 0 saturated carbocycles. The number of para-hydroxylation sites is 2. The minimum absolute atomic E-state index is 0.597. The first-order valence-corrected chi connectivity index (χ1v) is 19.3. The van der Waals surface area contributed by atoms with Crippen molar-refractivity contribution in [3.8, 4) is 85.1 Å². The van der Waals surface area contributed by atoms with Crippen molar-refractivity contribution in [1.29, 1.82) is 5.26 Å². The summed E-state index contributed by atoms with van der Waals surface area (Å²) >= 11 is 0. The highest BCUT2D eigenvalue weighted by Crippen LogP contribution is 2.62. The maximum atomic E-state index is 9.36. The van der Waals surface area contributed by atoms with Gasteiger partial charge in [0.05, 0.1) is 17.0 Å². The van der Waals surface area contributed by atoms with E-state index in [4.69, 9.17) is 19.7 Å². The Balaban J connectivity index is 1.03. The number of hydrogen-bond donors (Lipinski definition) is 0. The molecule has 5 nitrogen and oxygen atoms in total. The van der Waals surface area contributed by atoms with Gasteiger partial charge in [0.15, 0.2) is 17.5 Å². The molecule has 0 amide bonds. The molecule has 9 aromatic rings. The van der Waals surface area contributed by atoms with E-state index in [-0.39, 0.29) is 0 Å². The first kappa shape index (κ1) is 33.4.